The molecule has 2 atom stereocenters. The number of carbonyl (C=O) groups is 2. The van der Waals surface area contributed by atoms with E-state index < -0.39 is 17.8 Å². The first-order chi connectivity index (χ1) is 21.0. The molecule has 8 heteroatoms. The van der Waals surface area contributed by atoms with Crippen molar-refractivity contribution in [3.05, 3.63) is 58.9 Å². The van der Waals surface area contributed by atoms with Crippen LogP contribution in [-0.2, 0) is 31.0 Å². The molecule has 0 bridgehead atoms. The predicted molar refractivity (Wildman–Crippen MR) is 184 cm³/mol. The molecule has 0 saturated heterocycles. The number of amides is 2. The highest BCUT2D eigenvalue weighted by Gasteiger charge is 2.31. The summed E-state index contributed by atoms with van der Waals surface area (Å²) in [6.45, 7) is 19.1. The molecule has 2 amide bonds. The second-order valence-electron chi connectivity index (χ2n) is 14.9. The van der Waals surface area contributed by atoms with Crippen molar-refractivity contribution in [1.29, 1.82) is 5.41 Å². The smallest absolute Gasteiger partial charge is 0.265 e. The standard InChI is InChI=1S/C37H60N4O4/c1-26(2)45-35(41(10)24-28-17-19-30(20-18-28)36(4,5)6)34(43)39-32(33(42)40-37(7,8)9)22-27(3)16-21-31(23-38)44-25-29-14-12-11-13-15-29/h16-21,23,26,29,32,35,38H,11-15,22,24-25H2,1-10H3,(H,39,43)(H,40,42)/b27-16+,31-21+,38-23?/t32-,35-/m0/s1. The number of likely N-dealkylation sites (N-methyl/N-ethyl adjacent to an activating group) is 1. The molecule has 0 spiro atoms. The van der Waals surface area contributed by atoms with Crippen LogP contribution in [0.3, 0.4) is 0 Å². The van der Waals surface area contributed by atoms with Gasteiger partial charge in [-0.1, -0.05) is 75.9 Å². The summed E-state index contributed by atoms with van der Waals surface area (Å²) < 4.78 is 12.0. The fraction of sp³-hybridized carbons (Fsp3) is 0.649. The van der Waals surface area contributed by atoms with Crippen molar-refractivity contribution in [2.75, 3.05) is 13.7 Å². The van der Waals surface area contributed by atoms with Crippen molar-refractivity contribution in [1.82, 2.24) is 15.5 Å². The number of allylic oxidation sites excluding steroid dienone is 3. The van der Waals surface area contributed by atoms with Crippen LogP contribution in [0.5, 0.6) is 0 Å². The quantitative estimate of drug-likeness (QED) is 0.0841. The Morgan fingerprint density at radius 1 is 1.00 bits per heavy atom. The molecule has 0 unspecified atom stereocenters. The monoisotopic (exact) mass is 624 g/mol. The van der Waals surface area contributed by atoms with Crippen LogP contribution in [0.15, 0.2) is 47.7 Å². The van der Waals surface area contributed by atoms with Gasteiger partial charge < -0.3 is 25.5 Å². The maximum atomic E-state index is 13.8. The largest absolute Gasteiger partial charge is 0.492 e. The lowest BCUT2D eigenvalue weighted by Crippen LogP contribution is -2.56. The highest BCUT2D eigenvalue weighted by molar-refractivity contribution is 5.89. The van der Waals surface area contributed by atoms with E-state index in [1.807, 2.05) is 59.6 Å². The number of benzene rings is 1. The number of carbonyl (C=O) groups excluding carboxylic acids is 2. The van der Waals surface area contributed by atoms with E-state index in [2.05, 4.69) is 55.7 Å². The zero-order valence-corrected chi connectivity index (χ0v) is 29.6. The van der Waals surface area contributed by atoms with Gasteiger partial charge in [0.15, 0.2) is 6.23 Å². The summed E-state index contributed by atoms with van der Waals surface area (Å²) in [5.41, 5.74) is 2.77. The predicted octanol–water partition coefficient (Wildman–Crippen LogP) is 7.03. The minimum atomic E-state index is -0.890. The number of ether oxygens (including phenoxy) is 2. The summed E-state index contributed by atoms with van der Waals surface area (Å²) in [5.74, 6) is 0.389. The molecule has 8 nitrogen and oxygen atoms in total. The van der Waals surface area contributed by atoms with E-state index in [4.69, 9.17) is 14.9 Å². The van der Waals surface area contributed by atoms with Gasteiger partial charge in [0.25, 0.3) is 5.91 Å². The van der Waals surface area contributed by atoms with Crippen LogP contribution in [0.25, 0.3) is 0 Å². The van der Waals surface area contributed by atoms with Gasteiger partial charge in [-0.3, -0.25) is 14.5 Å². The lowest BCUT2D eigenvalue weighted by molar-refractivity contribution is -0.153. The zero-order valence-electron chi connectivity index (χ0n) is 29.6. The van der Waals surface area contributed by atoms with E-state index in [0.29, 0.717) is 31.2 Å². The van der Waals surface area contributed by atoms with Crippen molar-refractivity contribution in [2.24, 2.45) is 5.92 Å². The van der Waals surface area contributed by atoms with Crippen LogP contribution in [0.2, 0.25) is 0 Å². The Morgan fingerprint density at radius 2 is 1.62 bits per heavy atom. The molecule has 0 aliphatic heterocycles. The van der Waals surface area contributed by atoms with Crippen molar-refractivity contribution >= 4 is 18.0 Å². The molecular weight excluding hydrogens is 564 g/mol. The maximum absolute atomic E-state index is 13.8. The lowest BCUT2D eigenvalue weighted by atomic mass is 9.87. The Bertz CT molecular complexity index is 1150. The van der Waals surface area contributed by atoms with E-state index in [-0.39, 0.29) is 23.3 Å². The Balaban J connectivity index is 2.20. The Kier molecular flexibility index (Phi) is 15.0. The van der Waals surface area contributed by atoms with Gasteiger partial charge in [0, 0.05) is 12.1 Å². The molecular formula is C37H60N4O4. The summed E-state index contributed by atoms with van der Waals surface area (Å²) in [5, 5.41) is 13.8. The molecule has 2 rings (SSSR count). The van der Waals surface area contributed by atoms with E-state index in [0.717, 1.165) is 11.1 Å². The first kappa shape index (κ1) is 38.2. The second kappa shape index (κ2) is 17.7. The van der Waals surface area contributed by atoms with Crippen LogP contribution in [0.1, 0.15) is 112 Å². The Hall–Kier alpha value is -2.97. The second-order valence-corrected chi connectivity index (χ2v) is 14.9. The SMILES string of the molecule is C/C(=C\C=C(/C=N)OCC1CCCCC1)C[C@H](NC(=O)[C@H](OC(C)C)N(C)Cc1ccc(C(C)(C)C)cc1)C(=O)NC(C)(C)C. The summed E-state index contributed by atoms with van der Waals surface area (Å²) in [4.78, 5) is 29.1. The van der Waals surface area contributed by atoms with Gasteiger partial charge in [0.2, 0.25) is 5.91 Å². The number of nitrogens with zero attached hydrogens (tertiary/aromatic N) is 1. The van der Waals surface area contributed by atoms with Gasteiger partial charge >= 0.3 is 0 Å². The summed E-state index contributed by atoms with van der Waals surface area (Å²) in [6, 6.07) is 7.62. The zero-order chi connectivity index (χ0) is 33.8. The molecule has 0 aromatic heterocycles. The molecule has 1 aromatic carbocycles. The van der Waals surface area contributed by atoms with E-state index in [1.54, 1.807) is 6.08 Å². The van der Waals surface area contributed by atoms with Gasteiger partial charge in [-0.2, -0.15) is 0 Å². The minimum Gasteiger partial charge on any atom is -0.492 e. The van der Waals surface area contributed by atoms with Crippen LogP contribution in [-0.4, -0.2) is 60.5 Å². The third-order valence-electron chi connectivity index (χ3n) is 7.82. The van der Waals surface area contributed by atoms with Crippen molar-refractivity contribution < 1.29 is 19.1 Å². The van der Waals surface area contributed by atoms with Gasteiger partial charge in [0.1, 0.15) is 11.8 Å². The van der Waals surface area contributed by atoms with E-state index in [1.165, 1.54) is 43.9 Å². The molecule has 1 fully saturated rings. The first-order valence-electron chi connectivity index (χ1n) is 16.6. The van der Waals surface area contributed by atoms with Gasteiger partial charge in [-0.15, -0.1) is 0 Å². The average molecular weight is 625 g/mol. The van der Waals surface area contributed by atoms with Gasteiger partial charge in [-0.25, -0.2) is 0 Å². The highest BCUT2D eigenvalue weighted by Crippen LogP contribution is 2.25. The topological polar surface area (TPSA) is 104 Å². The Morgan fingerprint density at radius 3 is 2.16 bits per heavy atom. The lowest BCUT2D eigenvalue weighted by Gasteiger charge is -2.31. The molecule has 1 aromatic rings. The fourth-order valence-corrected chi connectivity index (χ4v) is 5.33. The van der Waals surface area contributed by atoms with E-state index >= 15 is 0 Å². The van der Waals surface area contributed by atoms with Crippen LogP contribution < -0.4 is 10.6 Å². The molecule has 45 heavy (non-hydrogen) atoms. The molecule has 252 valence electrons. The van der Waals surface area contributed by atoms with Crippen molar-refractivity contribution in [3.8, 4) is 0 Å². The molecule has 3 N–H and O–H groups in total. The number of rotatable bonds is 15. The van der Waals surface area contributed by atoms with Crippen LogP contribution >= 0.6 is 0 Å². The van der Waals surface area contributed by atoms with Gasteiger partial charge in [0.05, 0.1) is 18.9 Å². The Labute approximate surface area is 272 Å². The van der Waals surface area contributed by atoms with E-state index in [9.17, 15) is 9.59 Å². The molecule has 0 heterocycles. The minimum absolute atomic E-state index is 0.0572. The number of hydrogen-bond donors (Lipinski definition) is 3. The van der Waals surface area contributed by atoms with Crippen LogP contribution in [0.4, 0.5) is 0 Å². The summed E-state index contributed by atoms with van der Waals surface area (Å²) in [6.07, 6.45) is 10.2. The molecule has 0 radical (unpaired) electrons. The third kappa shape index (κ3) is 14.3. The molecule has 1 saturated carbocycles. The van der Waals surface area contributed by atoms with Crippen molar-refractivity contribution in [2.45, 2.75) is 137 Å². The molecule has 1 aliphatic rings. The highest BCUT2D eigenvalue weighted by atomic mass is 16.5. The van der Waals surface area contributed by atoms with Crippen LogP contribution in [0, 0.1) is 11.3 Å². The average Bonchev–Trinajstić information content (AvgIpc) is 2.94. The number of nitrogens with one attached hydrogen (secondary N) is 3. The fourth-order valence-electron chi connectivity index (χ4n) is 5.33. The van der Waals surface area contributed by atoms with Gasteiger partial charge in [-0.05, 0) is 96.4 Å². The van der Waals surface area contributed by atoms with Crippen molar-refractivity contribution in [3.63, 3.8) is 0 Å². The third-order valence-corrected chi connectivity index (χ3v) is 7.82. The first-order valence-corrected chi connectivity index (χ1v) is 16.6. The summed E-state index contributed by atoms with van der Waals surface area (Å²) in [7, 11) is 1.86. The maximum Gasteiger partial charge on any atom is 0.265 e. The number of hydrogen-bond acceptors (Lipinski definition) is 6. The molecule has 1 aliphatic carbocycles. The normalized spacial score (nSPS) is 16.8. The summed E-state index contributed by atoms with van der Waals surface area (Å²) >= 11 is 0.